The Hall–Kier alpha value is -2.64. The summed E-state index contributed by atoms with van der Waals surface area (Å²) in [6, 6.07) is 7.58. The summed E-state index contributed by atoms with van der Waals surface area (Å²) in [6.45, 7) is 1.42. The zero-order chi connectivity index (χ0) is 18.6. The smallest absolute Gasteiger partial charge is 0.357 e. The molecule has 1 fully saturated rings. The average Bonchev–Trinajstić information content (AvgIpc) is 2.66. The number of anilines is 1. The third-order valence-electron chi connectivity index (χ3n) is 4.40. The fourth-order valence-corrected chi connectivity index (χ4v) is 2.96. The number of pyridine rings is 2. The Morgan fingerprint density at radius 2 is 1.96 bits per heavy atom. The maximum Gasteiger partial charge on any atom is 0.433 e. The second-order valence-corrected chi connectivity index (χ2v) is 6.22. The summed E-state index contributed by atoms with van der Waals surface area (Å²) < 4.78 is 38.4. The first kappa shape index (κ1) is 18.2. The van der Waals surface area contributed by atoms with Gasteiger partial charge in [0.25, 0.3) is 0 Å². The van der Waals surface area contributed by atoms with E-state index in [0.717, 1.165) is 11.6 Å². The molecule has 1 aliphatic heterocycles. The fraction of sp³-hybridized carbons (Fsp3) is 0.389. The molecular weight excluding hydrogens is 345 g/mol. The van der Waals surface area contributed by atoms with Gasteiger partial charge < -0.3 is 10.2 Å². The number of rotatable bonds is 4. The van der Waals surface area contributed by atoms with Crippen LogP contribution in [0.25, 0.3) is 0 Å². The van der Waals surface area contributed by atoms with E-state index >= 15 is 0 Å². The van der Waals surface area contributed by atoms with Gasteiger partial charge in [0.1, 0.15) is 11.5 Å². The first-order valence-electron chi connectivity index (χ1n) is 8.39. The molecule has 0 atom stereocenters. The summed E-state index contributed by atoms with van der Waals surface area (Å²) in [5.74, 6) is 0.119. The molecule has 0 bridgehead atoms. The molecule has 0 aliphatic carbocycles. The Labute approximate surface area is 149 Å². The molecule has 0 radical (unpaired) electrons. The molecule has 8 heteroatoms. The fourth-order valence-electron chi connectivity index (χ4n) is 2.96. The van der Waals surface area contributed by atoms with Crippen LogP contribution < -0.4 is 10.2 Å². The van der Waals surface area contributed by atoms with E-state index in [1.165, 1.54) is 6.07 Å². The number of nitrogens with one attached hydrogen (secondary N) is 1. The molecule has 0 spiro atoms. The number of piperidine rings is 1. The third-order valence-corrected chi connectivity index (χ3v) is 4.40. The number of hydrogen-bond donors (Lipinski definition) is 1. The lowest BCUT2D eigenvalue weighted by atomic mass is 9.96. The van der Waals surface area contributed by atoms with Crippen LogP contribution in [0.2, 0.25) is 0 Å². The van der Waals surface area contributed by atoms with Crippen molar-refractivity contribution < 1.29 is 18.0 Å². The van der Waals surface area contributed by atoms with Crippen LogP contribution in [-0.4, -0.2) is 29.0 Å². The Bertz CT molecular complexity index is 744. The van der Waals surface area contributed by atoms with Crippen LogP contribution in [0.15, 0.2) is 42.7 Å². The second-order valence-electron chi connectivity index (χ2n) is 6.22. The number of halogens is 3. The van der Waals surface area contributed by atoms with Crippen molar-refractivity contribution in [1.82, 2.24) is 15.3 Å². The minimum atomic E-state index is -4.46. The highest BCUT2D eigenvalue weighted by Gasteiger charge is 2.33. The minimum Gasteiger partial charge on any atom is -0.357 e. The van der Waals surface area contributed by atoms with Gasteiger partial charge in [-0.1, -0.05) is 12.1 Å². The van der Waals surface area contributed by atoms with Gasteiger partial charge in [-0.3, -0.25) is 9.78 Å². The molecule has 1 aliphatic rings. The predicted octanol–water partition coefficient (Wildman–Crippen LogP) is 3.03. The van der Waals surface area contributed by atoms with Gasteiger partial charge in [0.05, 0.1) is 0 Å². The van der Waals surface area contributed by atoms with Crippen LogP contribution >= 0.6 is 0 Å². The topological polar surface area (TPSA) is 58.1 Å². The Balaban J connectivity index is 1.53. The second kappa shape index (κ2) is 7.72. The average molecular weight is 364 g/mol. The van der Waals surface area contributed by atoms with E-state index in [9.17, 15) is 18.0 Å². The van der Waals surface area contributed by atoms with Crippen molar-refractivity contribution in [3.05, 3.63) is 54.0 Å². The largest absolute Gasteiger partial charge is 0.433 e. The quantitative estimate of drug-likeness (QED) is 0.906. The van der Waals surface area contributed by atoms with Gasteiger partial charge in [-0.25, -0.2) is 4.98 Å². The van der Waals surface area contributed by atoms with Gasteiger partial charge in [0, 0.05) is 37.9 Å². The normalized spacial score (nSPS) is 15.7. The first-order valence-corrected chi connectivity index (χ1v) is 8.39. The molecule has 2 aromatic rings. The lowest BCUT2D eigenvalue weighted by Gasteiger charge is -2.32. The lowest BCUT2D eigenvalue weighted by molar-refractivity contribution is -0.141. The summed E-state index contributed by atoms with van der Waals surface area (Å²) >= 11 is 0. The molecule has 0 saturated carbocycles. The van der Waals surface area contributed by atoms with Crippen LogP contribution in [0.1, 0.15) is 24.1 Å². The molecular formula is C18H19F3N4O. The summed E-state index contributed by atoms with van der Waals surface area (Å²) in [7, 11) is 0. The van der Waals surface area contributed by atoms with Gasteiger partial charge in [-0.05, 0) is 36.6 Å². The van der Waals surface area contributed by atoms with Crippen molar-refractivity contribution in [2.24, 2.45) is 5.92 Å². The van der Waals surface area contributed by atoms with Crippen LogP contribution in [0.5, 0.6) is 0 Å². The highest BCUT2D eigenvalue weighted by Crippen LogP contribution is 2.30. The molecule has 138 valence electrons. The van der Waals surface area contributed by atoms with Crippen LogP contribution in [0.3, 0.4) is 0 Å². The van der Waals surface area contributed by atoms with Crippen LogP contribution in [-0.2, 0) is 17.5 Å². The zero-order valence-corrected chi connectivity index (χ0v) is 14.0. The van der Waals surface area contributed by atoms with E-state index in [2.05, 4.69) is 15.3 Å². The molecule has 3 heterocycles. The monoisotopic (exact) mass is 364 g/mol. The minimum absolute atomic E-state index is 0.0366. The van der Waals surface area contributed by atoms with E-state index in [4.69, 9.17) is 0 Å². The Kier molecular flexibility index (Phi) is 5.39. The molecule has 0 aromatic carbocycles. The lowest BCUT2D eigenvalue weighted by Crippen LogP contribution is -2.40. The molecule has 2 aromatic heterocycles. The van der Waals surface area contributed by atoms with E-state index in [1.807, 2.05) is 12.1 Å². The highest BCUT2D eigenvalue weighted by atomic mass is 19.4. The van der Waals surface area contributed by atoms with Gasteiger partial charge in [-0.15, -0.1) is 0 Å². The number of alkyl halides is 3. The van der Waals surface area contributed by atoms with Crippen LogP contribution in [0.4, 0.5) is 19.0 Å². The maximum atomic E-state index is 12.8. The van der Waals surface area contributed by atoms with Crippen molar-refractivity contribution >= 4 is 11.7 Å². The summed E-state index contributed by atoms with van der Waals surface area (Å²) in [6.07, 6.45) is 0.0686. The Morgan fingerprint density at radius 3 is 2.62 bits per heavy atom. The molecule has 0 unspecified atom stereocenters. The first-order chi connectivity index (χ1) is 12.4. The predicted molar refractivity (Wildman–Crippen MR) is 90.3 cm³/mol. The number of nitrogens with zero attached hydrogens (tertiary/aromatic N) is 3. The van der Waals surface area contributed by atoms with Crippen LogP contribution in [0, 0.1) is 5.92 Å². The molecule has 5 nitrogen and oxygen atoms in total. The number of carbonyl (C=O) groups excluding carboxylic acids is 1. The van der Waals surface area contributed by atoms with Gasteiger partial charge in [0.15, 0.2) is 0 Å². The van der Waals surface area contributed by atoms with Crippen molar-refractivity contribution in [2.45, 2.75) is 25.6 Å². The van der Waals surface area contributed by atoms with Crippen molar-refractivity contribution in [3.8, 4) is 0 Å². The number of aromatic nitrogens is 2. The molecule has 3 rings (SSSR count). The summed E-state index contributed by atoms with van der Waals surface area (Å²) in [4.78, 5) is 21.8. The molecule has 26 heavy (non-hydrogen) atoms. The summed E-state index contributed by atoms with van der Waals surface area (Å²) in [5.41, 5.74) is 0.0257. The highest BCUT2D eigenvalue weighted by molar-refractivity contribution is 5.78. The Morgan fingerprint density at radius 1 is 1.19 bits per heavy atom. The molecule has 1 amide bonds. The molecule has 1 saturated heterocycles. The van der Waals surface area contributed by atoms with E-state index in [0.29, 0.717) is 38.3 Å². The van der Waals surface area contributed by atoms with E-state index < -0.39 is 11.9 Å². The maximum absolute atomic E-state index is 12.8. The SMILES string of the molecule is O=C(NCc1cccnc1)C1CCN(c2cccc(C(F)(F)F)n2)CC1. The molecule has 1 N–H and O–H groups in total. The van der Waals surface area contributed by atoms with E-state index in [1.54, 1.807) is 23.4 Å². The summed E-state index contributed by atoms with van der Waals surface area (Å²) in [5, 5.41) is 2.89. The van der Waals surface area contributed by atoms with Crippen molar-refractivity contribution in [1.29, 1.82) is 0 Å². The standard InChI is InChI=1S/C18H19F3N4O/c19-18(20,21)15-4-1-5-16(24-15)25-9-6-14(7-10-25)17(26)23-12-13-3-2-8-22-11-13/h1-5,8,11,14H,6-7,9-10,12H2,(H,23,26). The number of amides is 1. The van der Waals surface area contributed by atoms with Gasteiger partial charge in [0.2, 0.25) is 5.91 Å². The van der Waals surface area contributed by atoms with E-state index in [-0.39, 0.29) is 11.8 Å². The third kappa shape index (κ3) is 4.50. The van der Waals surface area contributed by atoms with Crippen molar-refractivity contribution in [3.63, 3.8) is 0 Å². The van der Waals surface area contributed by atoms with Gasteiger partial charge >= 0.3 is 6.18 Å². The number of hydrogen-bond acceptors (Lipinski definition) is 4. The van der Waals surface area contributed by atoms with Crippen molar-refractivity contribution in [2.75, 3.05) is 18.0 Å². The zero-order valence-electron chi connectivity index (χ0n) is 14.0. The van der Waals surface area contributed by atoms with Gasteiger partial charge in [-0.2, -0.15) is 13.2 Å². The number of carbonyl (C=O) groups is 1.